The number of likely N-dealkylation sites (tertiary alicyclic amines) is 1. The fourth-order valence-electron chi connectivity index (χ4n) is 5.88. The predicted molar refractivity (Wildman–Crippen MR) is 162 cm³/mol. The number of amides is 2. The normalized spacial score (nSPS) is 19.2. The number of carbonyl (C=O) groups is 2. The molecule has 6 rings (SSSR count). The largest absolute Gasteiger partial charge is 0.448 e. The van der Waals surface area contributed by atoms with Gasteiger partial charge in [0.1, 0.15) is 6.26 Å². The average Bonchev–Trinajstić information content (AvgIpc) is 3.58. The molecule has 222 valence electrons. The molecule has 1 unspecified atom stereocenters. The minimum absolute atomic E-state index is 0.180. The van der Waals surface area contributed by atoms with Crippen molar-refractivity contribution in [1.82, 2.24) is 15.2 Å². The Labute approximate surface area is 246 Å². The Morgan fingerprint density at radius 1 is 0.976 bits per heavy atom. The van der Waals surface area contributed by atoms with Gasteiger partial charge in [-0.2, -0.15) is 0 Å². The molecule has 1 aromatic heterocycles. The highest BCUT2D eigenvalue weighted by Gasteiger charge is 2.30. The van der Waals surface area contributed by atoms with Crippen LogP contribution < -0.4 is 20.4 Å². The fourth-order valence-corrected chi connectivity index (χ4v) is 5.88. The molecule has 3 heterocycles. The van der Waals surface area contributed by atoms with Crippen molar-refractivity contribution in [3.8, 4) is 0 Å². The zero-order valence-corrected chi connectivity index (χ0v) is 24.2. The van der Waals surface area contributed by atoms with Crippen LogP contribution >= 0.6 is 0 Å². The lowest BCUT2D eigenvalue weighted by atomic mass is 10.1. The van der Waals surface area contributed by atoms with Crippen molar-refractivity contribution in [2.75, 3.05) is 67.5 Å². The van der Waals surface area contributed by atoms with Gasteiger partial charge in [-0.25, -0.2) is 4.98 Å². The number of β-amino-alcohol motifs (C(OH)–C–C–N with tert-alkyl or cyclic N) is 1. The number of anilines is 3. The van der Waals surface area contributed by atoms with Crippen molar-refractivity contribution in [3.63, 3.8) is 0 Å². The first-order valence-corrected chi connectivity index (χ1v) is 15.1. The maximum absolute atomic E-state index is 13.2. The average molecular weight is 573 g/mol. The molecule has 42 heavy (non-hydrogen) atoms. The second kappa shape index (κ2) is 12.5. The van der Waals surface area contributed by atoms with Crippen LogP contribution in [0.1, 0.15) is 63.9 Å². The molecular weight excluding hydrogens is 532 g/mol. The molecule has 10 nitrogen and oxygen atoms in total. The Hall–Kier alpha value is -3.89. The number of aliphatic hydroxyl groups is 1. The summed E-state index contributed by atoms with van der Waals surface area (Å²) in [5.74, 6) is 0.398. The second-order valence-electron chi connectivity index (χ2n) is 11.6. The Morgan fingerprint density at radius 2 is 1.74 bits per heavy atom. The Balaban J connectivity index is 1.14. The molecule has 0 radical (unpaired) electrons. The first kappa shape index (κ1) is 28.2. The summed E-state index contributed by atoms with van der Waals surface area (Å²) in [5, 5.41) is 15.8. The van der Waals surface area contributed by atoms with Crippen molar-refractivity contribution in [1.29, 1.82) is 0 Å². The number of nitrogens with zero attached hydrogens (tertiary/aromatic N) is 4. The van der Waals surface area contributed by atoms with Crippen LogP contribution in [0.4, 0.5) is 17.1 Å². The molecule has 3 aromatic rings. The van der Waals surface area contributed by atoms with Gasteiger partial charge < -0.3 is 34.9 Å². The zero-order valence-electron chi connectivity index (χ0n) is 24.2. The molecule has 1 saturated carbocycles. The number of nitrogens with one attached hydrogen (secondary N) is 2. The first-order chi connectivity index (χ1) is 20.4. The summed E-state index contributed by atoms with van der Waals surface area (Å²) in [6, 6.07) is 13.9. The van der Waals surface area contributed by atoms with Crippen LogP contribution in [-0.2, 0) is 0 Å². The third-order valence-electron chi connectivity index (χ3n) is 8.45. The minimum atomic E-state index is -0.351. The molecule has 2 aromatic carbocycles. The van der Waals surface area contributed by atoms with Crippen molar-refractivity contribution in [2.45, 2.75) is 44.6 Å². The quantitative estimate of drug-likeness (QED) is 0.316. The van der Waals surface area contributed by atoms with Crippen molar-refractivity contribution >= 4 is 28.9 Å². The van der Waals surface area contributed by atoms with Crippen molar-refractivity contribution in [2.24, 2.45) is 0 Å². The smallest absolute Gasteiger partial charge is 0.277 e. The Kier molecular flexibility index (Phi) is 8.43. The molecule has 3 aliphatic rings. The number of oxazole rings is 1. The SMILES string of the molecule is Cc1ccccc1N1CCN(c2ccc(C(=O)NCCCN3CCC(O)C3)cc2NC(=O)c2coc(C3CC3)n2)CC1. The molecule has 3 N–H and O–H groups in total. The van der Waals surface area contributed by atoms with Gasteiger partial charge in [-0.05, 0) is 69.0 Å². The molecule has 1 aliphatic carbocycles. The number of hydrogen-bond donors (Lipinski definition) is 3. The van der Waals surface area contributed by atoms with Crippen molar-refractivity contribution < 1.29 is 19.1 Å². The third kappa shape index (κ3) is 6.60. The highest BCUT2D eigenvalue weighted by atomic mass is 16.3. The standard InChI is InChI=1S/C32H40N6O4/c1-22-5-2-3-6-28(22)37-15-17-38(18-16-37)29-10-9-24(30(40)33-12-4-13-36-14-11-25(39)20-36)19-26(29)34-31(41)27-21-42-32(35-27)23-7-8-23/h2-3,5-6,9-10,19,21,23,25,39H,4,7-8,11-18,20H2,1H3,(H,33,40)(H,34,41). The highest BCUT2D eigenvalue weighted by Crippen LogP contribution is 2.39. The van der Waals surface area contributed by atoms with Gasteiger partial charge in [0.15, 0.2) is 11.6 Å². The van der Waals surface area contributed by atoms with Crippen LogP contribution in [0.15, 0.2) is 53.1 Å². The maximum Gasteiger partial charge on any atom is 0.277 e. The van der Waals surface area contributed by atoms with E-state index in [1.807, 2.05) is 12.1 Å². The molecular formula is C32H40N6O4. The number of para-hydroxylation sites is 1. The number of aliphatic hydroxyl groups excluding tert-OH is 1. The van der Waals surface area contributed by atoms with Crippen LogP contribution in [-0.4, -0.2) is 85.3 Å². The van der Waals surface area contributed by atoms with E-state index in [-0.39, 0.29) is 23.6 Å². The lowest BCUT2D eigenvalue weighted by Gasteiger charge is -2.38. The van der Waals surface area contributed by atoms with Crippen LogP contribution in [0.25, 0.3) is 0 Å². The number of piperazine rings is 1. The second-order valence-corrected chi connectivity index (χ2v) is 11.6. The van der Waals surface area contributed by atoms with Gasteiger partial charge in [0.05, 0.1) is 17.5 Å². The summed E-state index contributed by atoms with van der Waals surface area (Å²) >= 11 is 0. The van der Waals surface area contributed by atoms with E-state index in [9.17, 15) is 14.7 Å². The first-order valence-electron chi connectivity index (χ1n) is 15.1. The molecule has 3 fully saturated rings. The molecule has 2 saturated heterocycles. The van der Waals surface area contributed by atoms with Crippen LogP contribution in [0.5, 0.6) is 0 Å². The number of hydrogen-bond acceptors (Lipinski definition) is 8. The number of aryl methyl sites for hydroxylation is 1. The molecule has 2 amide bonds. The lowest BCUT2D eigenvalue weighted by Crippen LogP contribution is -2.47. The number of benzene rings is 2. The van der Waals surface area contributed by atoms with E-state index in [4.69, 9.17) is 4.42 Å². The maximum atomic E-state index is 13.2. The molecule has 0 spiro atoms. The molecule has 0 bridgehead atoms. The molecule has 2 aliphatic heterocycles. The van der Waals surface area contributed by atoms with E-state index < -0.39 is 0 Å². The summed E-state index contributed by atoms with van der Waals surface area (Å²) < 4.78 is 5.55. The van der Waals surface area contributed by atoms with Gasteiger partial charge in [0, 0.05) is 63.0 Å². The van der Waals surface area contributed by atoms with Crippen LogP contribution in [0.2, 0.25) is 0 Å². The summed E-state index contributed by atoms with van der Waals surface area (Å²) in [4.78, 5) is 37.6. The summed E-state index contributed by atoms with van der Waals surface area (Å²) in [5.41, 5.74) is 4.69. The van der Waals surface area contributed by atoms with Crippen LogP contribution in [0, 0.1) is 6.92 Å². The number of carbonyl (C=O) groups excluding carboxylic acids is 2. The van der Waals surface area contributed by atoms with E-state index in [2.05, 4.69) is 61.5 Å². The highest BCUT2D eigenvalue weighted by molar-refractivity contribution is 6.06. The Bertz CT molecular complexity index is 1410. The third-order valence-corrected chi connectivity index (χ3v) is 8.45. The van der Waals surface area contributed by atoms with Crippen LogP contribution in [0.3, 0.4) is 0 Å². The summed E-state index contributed by atoms with van der Waals surface area (Å²) in [7, 11) is 0. The number of aromatic nitrogens is 1. The zero-order chi connectivity index (χ0) is 29.1. The number of rotatable bonds is 10. The van der Waals surface area contributed by atoms with E-state index in [0.717, 1.165) is 70.6 Å². The van der Waals surface area contributed by atoms with Gasteiger partial charge >= 0.3 is 0 Å². The lowest BCUT2D eigenvalue weighted by molar-refractivity contribution is 0.0950. The molecule has 10 heteroatoms. The van der Waals surface area contributed by atoms with Gasteiger partial charge in [-0.3, -0.25) is 9.59 Å². The van der Waals surface area contributed by atoms with Gasteiger partial charge in [0.2, 0.25) is 0 Å². The van der Waals surface area contributed by atoms with E-state index in [1.54, 1.807) is 6.07 Å². The predicted octanol–water partition coefficient (Wildman–Crippen LogP) is 3.63. The Morgan fingerprint density at radius 3 is 2.45 bits per heavy atom. The van der Waals surface area contributed by atoms with E-state index >= 15 is 0 Å². The van der Waals surface area contributed by atoms with E-state index in [1.165, 1.54) is 17.5 Å². The fraction of sp³-hybridized carbons (Fsp3) is 0.469. The van der Waals surface area contributed by atoms with Gasteiger partial charge in [-0.1, -0.05) is 18.2 Å². The van der Waals surface area contributed by atoms with Gasteiger partial charge in [-0.15, -0.1) is 0 Å². The minimum Gasteiger partial charge on any atom is -0.448 e. The van der Waals surface area contributed by atoms with Gasteiger partial charge in [0.25, 0.3) is 11.8 Å². The summed E-state index contributed by atoms with van der Waals surface area (Å²) in [6.07, 6.45) is 4.87. The molecule has 1 atom stereocenters. The monoisotopic (exact) mass is 572 g/mol. The topological polar surface area (TPSA) is 114 Å². The van der Waals surface area contributed by atoms with E-state index in [0.29, 0.717) is 36.1 Å². The summed E-state index contributed by atoms with van der Waals surface area (Å²) in [6.45, 7) is 8.37. The van der Waals surface area contributed by atoms with Crippen molar-refractivity contribution in [3.05, 3.63) is 71.4 Å².